The van der Waals surface area contributed by atoms with E-state index in [2.05, 4.69) is 29.6 Å². The summed E-state index contributed by atoms with van der Waals surface area (Å²) in [6.45, 7) is 2.45. The highest BCUT2D eigenvalue weighted by molar-refractivity contribution is 5.98. The highest BCUT2D eigenvalue weighted by atomic mass is 16.2. The van der Waals surface area contributed by atoms with Crippen molar-refractivity contribution in [3.05, 3.63) is 107 Å². The van der Waals surface area contributed by atoms with Crippen molar-refractivity contribution in [2.75, 3.05) is 6.54 Å². The first-order valence-electron chi connectivity index (χ1n) is 12.1. The van der Waals surface area contributed by atoms with Crippen LogP contribution in [0.1, 0.15) is 70.4 Å². The summed E-state index contributed by atoms with van der Waals surface area (Å²) in [4.78, 5) is 29.2. The van der Waals surface area contributed by atoms with Crippen LogP contribution in [0, 0.1) is 0 Å². The molecule has 2 aliphatic rings. The summed E-state index contributed by atoms with van der Waals surface area (Å²) in [5.74, 6) is -0.240. The number of fused-ring (bicyclic) bond motifs is 1. The fraction of sp³-hybridized carbons (Fsp3) is 0.310. The van der Waals surface area contributed by atoms with E-state index in [4.69, 9.17) is 5.73 Å². The molecule has 0 aromatic heterocycles. The van der Waals surface area contributed by atoms with Gasteiger partial charge in [0.05, 0.1) is 6.04 Å². The quantitative estimate of drug-likeness (QED) is 0.597. The van der Waals surface area contributed by atoms with Gasteiger partial charge in [-0.1, -0.05) is 66.7 Å². The number of carbonyl (C=O) groups is 2. The van der Waals surface area contributed by atoms with Crippen LogP contribution in [0.2, 0.25) is 0 Å². The number of nitrogens with two attached hydrogens (primary N) is 1. The van der Waals surface area contributed by atoms with Crippen molar-refractivity contribution in [1.29, 1.82) is 0 Å². The minimum atomic E-state index is -0.554. The summed E-state index contributed by atoms with van der Waals surface area (Å²) in [6.07, 6.45) is 2.60. The fourth-order valence-corrected chi connectivity index (χ4v) is 5.48. The van der Waals surface area contributed by atoms with Gasteiger partial charge in [0.25, 0.3) is 5.91 Å². The molecule has 34 heavy (non-hydrogen) atoms. The number of carbonyl (C=O) groups excluding carboxylic acids is 2. The molecule has 3 N–H and O–H groups in total. The number of likely N-dealkylation sites (tertiary alicyclic amines) is 1. The fourth-order valence-electron chi connectivity index (χ4n) is 5.48. The predicted molar refractivity (Wildman–Crippen MR) is 133 cm³/mol. The van der Waals surface area contributed by atoms with Crippen LogP contribution in [0.5, 0.6) is 0 Å². The van der Waals surface area contributed by atoms with Gasteiger partial charge in [-0.25, -0.2) is 0 Å². The summed E-state index contributed by atoms with van der Waals surface area (Å²) in [7, 11) is 0. The maximum Gasteiger partial charge on any atom is 0.254 e. The molecule has 1 aliphatic heterocycles. The van der Waals surface area contributed by atoms with Gasteiger partial charge in [0.1, 0.15) is 6.04 Å². The minimum absolute atomic E-state index is 0.0147. The Morgan fingerprint density at radius 1 is 0.971 bits per heavy atom. The van der Waals surface area contributed by atoms with Gasteiger partial charge in [0.15, 0.2) is 0 Å². The molecule has 0 saturated carbocycles. The molecule has 0 bridgehead atoms. The SMILES string of the molecule is CC(N)c1cccc(C(=O)N2CC[C@@H](c3ccccc3)[C@H]2C(=O)N[C@@H]2CCc3ccccc32)c1. The van der Waals surface area contributed by atoms with Crippen molar-refractivity contribution in [3.8, 4) is 0 Å². The number of hydrogen-bond donors (Lipinski definition) is 2. The minimum Gasteiger partial charge on any atom is -0.347 e. The molecule has 4 atom stereocenters. The van der Waals surface area contributed by atoms with E-state index in [9.17, 15) is 9.59 Å². The van der Waals surface area contributed by atoms with Crippen molar-refractivity contribution in [2.45, 2.75) is 50.2 Å². The monoisotopic (exact) mass is 453 g/mol. The van der Waals surface area contributed by atoms with Gasteiger partial charge in [0.2, 0.25) is 5.91 Å². The topological polar surface area (TPSA) is 75.4 Å². The van der Waals surface area contributed by atoms with Gasteiger partial charge in [0, 0.05) is 24.1 Å². The van der Waals surface area contributed by atoms with Crippen LogP contribution in [0.4, 0.5) is 0 Å². The second-order valence-corrected chi connectivity index (χ2v) is 9.46. The molecule has 2 amide bonds. The Balaban J connectivity index is 1.45. The lowest BCUT2D eigenvalue weighted by molar-refractivity contribution is -0.126. The van der Waals surface area contributed by atoms with Crippen LogP contribution in [0.15, 0.2) is 78.9 Å². The first-order valence-corrected chi connectivity index (χ1v) is 12.1. The van der Waals surface area contributed by atoms with E-state index in [-0.39, 0.29) is 29.8 Å². The molecule has 3 aromatic carbocycles. The average Bonchev–Trinajstić information content (AvgIpc) is 3.49. The summed E-state index contributed by atoms with van der Waals surface area (Å²) in [6, 6.07) is 25.1. The highest BCUT2D eigenvalue weighted by Gasteiger charge is 2.43. The van der Waals surface area contributed by atoms with Gasteiger partial charge >= 0.3 is 0 Å². The Bertz CT molecular complexity index is 1190. The van der Waals surface area contributed by atoms with Crippen LogP contribution >= 0.6 is 0 Å². The molecule has 5 nitrogen and oxygen atoms in total. The molecular formula is C29H31N3O2. The van der Waals surface area contributed by atoms with Crippen LogP contribution in [0.25, 0.3) is 0 Å². The van der Waals surface area contributed by atoms with E-state index >= 15 is 0 Å². The van der Waals surface area contributed by atoms with E-state index in [0.29, 0.717) is 12.1 Å². The zero-order valence-electron chi connectivity index (χ0n) is 19.5. The largest absolute Gasteiger partial charge is 0.347 e. The lowest BCUT2D eigenvalue weighted by Crippen LogP contribution is -2.48. The molecule has 1 unspecified atom stereocenters. The average molecular weight is 454 g/mol. The second-order valence-electron chi connectivity index (χ2n) is 9.46. The Kier molecular flexibility index (Phi) is 6.20. The van der Waals surface area contributed by atoms with Crippen molar-refractivity contribution in [1.82, 2.24) is 10.2 Å². The molecule has 0 spiro atoms. The molecule has 5 rings (SSSR count). The number of amides is 2. The molecule has 1 saturated heterocycles. The third kappa shape index (κ3) is 4.24. The molecule has 1 aliphatic carbocycles. The van der Waals surface area contributed by atoms with Crippen molar-refractivity contribution >= 4 is 11.8 Å². The number of hydrogen-bond acceptors (Lipinski definition) is 3. The number of aryl methyl sites for hydroxylation is 1. The molecule has 174 valence electrons. The second kappa shape index (κ2) is 9.43. The van der Waals surface area contributed by atoms with Crippen molar-refractivity contribution < 1.29 is 9.59 Å². The third-order valence-corrected chi connectivity index (χ3v) is 7.26. The molecule has 3 aromatic rings. The summed E-state index contributed by atoms with van der Waals surface area (Å²) in [5, 5.41) is 3.29. The third-order valence-electron chi connectivity index (χ3n) is 7.26. The van der Waals surface area contributed by atoms with Crippen molar-refractivity contribution in [3.63, 3.8) is 0 Å². The first-order chi connectivity index (χ1) is 16.5. The summed E-state index contributed by atoms with van der Waals surface area (Å²) >= 11 is 0. The molecule has 0 radical (unpaired) electrons. The predicted octanol–water partition coefficient (Wildman–Crippen LogP) is 4.51. The standard InChI is InChI=1S/C29H31N3O2/c1-19(30)22-11-7-12-23(18-22)29(34)32-17-16-25(20-8-3-2-4-9-20)27(32)28(33)31-26-15-14-21-10-5-6-13-24(21)26/h2-13,18-19,25-27H,14-17,30H2,1H3,(H,31,33)/t19?,25-,26+,27-/m0/s1. The van der Waals surface area contributed by atoms with Crippen LogP contribution < -0.4 is 11.1 Å². The van der Waals surface area contributed by atoms with Gasteiger partial charge in [-0.15, -0.1) is 0 Å². The molecule has 1 fully saturated rings. The number of rotatable bonds is 5. The lowest BCUT2D eigenvalue weighted by Gasteiger charge is -2.29. The van der Waals surface area contributed by atoms with Gasteiger partial charge in [-0.3, -0.25) is 9.59 Å². The van der Waals surface area contributed by atoms with E-state index in [1.54, 1.807) is 4.90 Å². The first kappa shape index (κ1) is 22.4. The van der Waals surface area contributed by atoms with E-state index in [1.807, 2.05) is 61.5 Å². The number of nitrogens with zero attached hydrogens (tertiary/aromatic N) is 1. The van der Waals surface area contributed by atoms with Gasteiger partial charge in [-0.2, -0.15) is 0 Å². The summed E-state index contributed by atoms with van der Waals surface area (Å²) < 4.78 is 0. The van der Waals surface area contributed by atoms with Crippen LogP contribution in [-0.2, 0) is 11.2 Å². The van der Waals surface area contributed by atoms with Gasteiger partial charge in [-0.05, 0) is 60.6 Å². The highest BCUT2D eigenvalue weighted by Crippen LogP contribution is 2.37. The van der Waals surface area contributed by atoms with Crippen LogP contribution in [0.3, 0.4) is 0 Å². The molecule has 1 heterocycles. The Morgan fingerprint density at radius 2 is 1.74 bits per heavy atom. The van der Waals surface area contributed by atoms with Gasteiger partial charge < -0.3 is 16.0 Å². The molecule has 5 heteroatoms. The van der Waals surface area contributed by atoms with Crippen LogP contribution in [-0.4, -0.2) is 29.3 Å². The Hall–Kier alpha value is -3.44. The zero-order valence-corrected chi connectivity index (χ0v) is 19.5. The lowest BCUT2D eigenvalue weighted by atomic mass is 9.90. The maximum atomic E-state index is 13.8. The normalized spacial score (nSPS) is 22.3. The van der Waals surface area contributed by atoms with Crippen molar-refractivity contribution in [2.24, 2.45) is 5.73 Å². The Labute approximate surface area is 201 Å². The number of benzene rings is 3. The Morgan fingerprint density at radius 3 is 2.53 bits per heavy atom. The summed E-state index contributed by atoms with van der Waals surface area (Å²) in [5.41, 5.74) is 11.1. The van der Waals surface area contributed by atoms with E-state index in [1.165, 1.54) is 11.1 Å². The number of nitrogens with one attached hydrogen (secondary N) is 1. The molecular weight excluding hydrogens is 422 g/mol. The zero-order chi connectivity index (χ0) is 23.7. The van der Waals surface area contributed by atoms with E-state index in [0.717, 1.165) is 30.4 Å². The maximum absolute atomic E-state index is 13.8. The van der Waals surface area contributed by atoms with E-state index < -0.39 is 6.04 Å². The smallest absolute Gasteiger partial charge is 0.254 e.